The van der Waals surface area contributed by atoms with Crippen LogP contribution in [0.3, 0.4) is 0 Å². The highest BCUT2D eigenvalue weighted by Gasteiger charge is 2.12. The van der Waals surface area contributed by atoms with Gasteiger partial charge in [0.05, 0.1) is 18.9 Å². The first kappa shape index (κ1) is 17.4. The van der Waals surface area contributed by atoms with Crippen LogP contribution in [-0.4, -0.2) is 70.7 Å². The standard InChI is InChI=1S/C14H20ClN9O/c15-11-10-12(17)20-14(21-13(10)23-22-11)19-9(7-16)8-18-1-2-24-3-5-25-6-4-24/h7-8,16,18H,1-6H2,(H4,17,19,20,21,22,23)/b9-8+,16-7?. The van der Waals surface area contributed by atoms with E-state index in [-0.39, 0.29) is 16.9 Å². The molecule has 0 atom stereocenters. The molecule has 25 heavy (non-hydrogen) atoms. The Morgan fingerprint density at radius 1 is 1.40 bits per heavy atom. The number of halogens is 1. The van der Waals surface area contributed by atoms with E-state index in [1.165, 1.54) is 6.21 Å². The molecule has 3 rings (SSSR count). The summed E-state index contributed by atoms with van der Waals surface area (Å²) in [5, 5.41) is 20.9. The lowest BCUT2D eigenvalue weighted by Crippen LogP contribution is -2.39. The van der Waals surface area contributed by atoms with Gasteiger partial charge in [-0.1, -0.05) is 11.6 Å². The summed E-state index contributed by atoms with van der Waals surface area (Å²) in [6.07, 6.45) is 2.88. The second kappa shape index (κ2) is 8.10. The molecule has 2 aromatic heterocycles. The van der Waals surface area contributed by atoms with Crippen LogP contribution in [-0.2, 0) is 4.74 Å². The van der Waals surface area contributed by atoms with E-state index in [1.807, 2.05) is 0 Å². The molecule has 0 amide bonds. The Balaban J connectivity index is 1.58. The van der Waals surface area contributed by atoms with Crippen molar-refractivity contribution in [2.45, 2.75) is 0 Å². The van der Waals surface area contributed by atoms with Crippen molar-refractivity contribution in [1.29, 1.82) is 5.41 Å². The van der Waals surface area contributed by atoms with Gasteiger partial charge in [0.1, 0.15) is 11.2 Å². The number of nitrogens with zero attached hydrogens (tertiary/aromatic N) is 4. The minimum Gasteiger partial charge on any atom is -0.388 e. The molecule has 0 aromatic carbocycles. The summed E-state index contributed by atoms with van der Waals surface area (Å²) < 4.78 is 5.32. The van der Waals surface area contributed by atoms with Gasteiger partial charge in [-0.15, -0.1) is 0 Å². The third-order valence-corrected chi connectivity index (χ3v) is 4.02. The van der Waals surface area contributed by atoms with Crippen molar-refractivity contribution in [3.63, 3.8) is 0 Å². The van der Waals surface area contributed by atoms with Crippen molar-refractivity contribution in [2.75, 3.05) is 50.4 Å². The van der Waals surface area contributed by atoms with Crippen molar-refractivity contribution in [3.05, 3.63) is 17.1 Å². The number of hydrogen-bond acceptors (Lipinski definition) is 9. The molecule has 3 heterocycles. The van der Waals surface area contributed by atoms with Gasteiger partial charge in [0.2, 0.25) is 5.95 Å². The Labute approximate surface area is 149 Å². The number of anilines is 2. The summed E-state index contributed by atoms with van der Waals surface area (Å²) in [4.78, 5) is 10.7. The summed E-state index contributed by atoms with van der Waals surface area (Å²) in [7, 11) is 0. The summed E-state index contributed by atoms with van der Waals surface area (Å²) in [5.41, 5.74) is 6.82. The lowest BCUT2D eigenvalue weighted by molar-refractivity contribution is 0.0388. The van der Waals surface area contributed by atoms with Gasteiger partial charge in [-0.25, -0.2) is 0 Å². The van der Waals surface area contributed by atoms with Crippen LogP contribution >= 0.6 is 11.6 Å². The fourth-order valence-corrected chi connectivity index (χ4v) is 2.68. The summed E-state index contributed by atoms with van der Waals surface area (Å²) in [6.45, 7) is 5.12. The largest absolute Gasteiger partial charge is 0.388 e. The zero-order chi connectivity index (χ0) is 17.6. The van der Waals surface area contributed by atoms with Crippen LogP contribution in [0.15, 0.2) is 11.9 Å². The number of morpholine rings is 1. The van der Waals surface area contributed by atoms with E-state index in [0.29, 0.717) is 16.7 Å². The molecule has 1 aliphatic rings. The molecule has 0 radical (unpaired) electrons. The minimum absolute atomic E-state index is 0.218. The fourth-order valence-electron chi connectivity index (χ4n) is 2.45. The van der Waals surface area contributed by atoms with Crippen molar-refractivity contribution < 1.29 is 4.74 Å². The Hall–Kier alpha value is -2.43. The molecule has 0 saturated carbocycles. The molecule has 0 bridgehead atoms. The Morgan fingerprint density at radius 3 is 2.96 bits per heavy atom. The number of nitrogen functional groups attached to an aromatic ring is 1. The molecular formula is C14H20ClN9O. The lowest BCUT2D eigenvalue weighted by Gasteiger charge is -2.26. The van der Waals surface area contributed by atoms with Crippen LogP contribution < -0.4 is 16.4 Å². The number of nitrogens with two attached hydrogens (primary N) is 1. The quantitative estimate of drug-likeness (QED) is 0.351. The highest BCUT2D eigenvalue weighted by molar-refractivity contribution is 6.35. The average Bonchev–Trinajstić information content (AvgIpc) is 3.00. The average molecular weight is 366 g/mol. The Morgan fingerprint density at radius 2 is 2.20 bits per heavy atom. The summed E-state index contributed by atoms with van der Waals surface area (Å²) in [6, 6.07) is 0. The number of nitrogens with one attached hydrogen (secondary N) is 4. The SMILES string of the molecule is N=C/C(=C\NCCN1CCOCC1)Nc1nc(N)c2c(Cl)n[nH]c2n1. The summed E-state index contributed by atoms with van der Waals surface area (Å²) in [5.74, 6) is 0.478. The van der Waals surface area contributed by atoms with Gasteiger partial charge in [-0.3, -0.25) is 10.00 Å². The zero-order valence-electron chi connectivity index (χ0n) is 13.5. The van der Waals surface area contributed by atoms with Crippen LogP contribution in [0.2, 0.25) is 5.15 Å². The van der Waals surface area contributed by atoms with Crippen LogP contribution in [0.25, 0.3) is 11.0 Å². The van der Waals surface area contributed by atoms with Gasteiger partial charge in [-0.05, 0) is 0 Å². The molecule has 134 valence electrons. The third kappa shape index (κ3) is 4.35. The first-order valence-corrected chi connectivity index (χ1v) is 8.23. The molecule has 6 N–H and O–H groups in total. The smallest absolute Gasteiger partial charge is 0.231 e. The first-order valence-electron chi connectivity index (χ1n) is 7.85. The Kier molecular flexibility index (Phi) is 5.64. The Bertz CT molecular complexity index is 769. The van der Waals surface area contributed by atoms with Crippen LogP contribution in [0.5, 0.6) is 0 Å². The van der Waals surface area contributed by atoms with Crippen molar-refractivity contribution in [3.8, 4) is 0 Å². The lowest BCUT2D eigenvalue weighted by atomic mass is 10.4. The zero-order valence-corrected chi connectivity index (χ0v) is 14.3. The number of fused-ring (bicyclic) bond motifs is 1. The molecule has 0 spiro atoms. The van der Waals surface area contributed by atoms with E-state index in [1.54, 1.807) is 6.20 Å². The van der Waals surface area contributed by atoms with Crippen LogP contribution in [0, 0.1) is 5.41 Å². The normalized spacial score (nSPS) is 16.1. The predicted molar refractivity (Wildman–Crippen MR) is 96.9 cm³/mol. The molecule has 10 nitrogen and oxygen atoms in total. The van der Waals surface area contributed by atoms with E-state index in [2.05, 4.69) is 35.7 Å². The van der Waals surface area contributed by atoms with Crippen LogP contribution in [0.4, 0.5) is 11.8 Å². The summed E-state index contributed by atoms with van der Waals surface area (Å²) >= 11 is 5.92. The number of rotatable bonds is 7. The molecule has 1 saturated heterocycles. The first-order chi connectivity index (χ1) is 12.2. The maximum Gasteiger partial charge on any atom is 0.231 e. The molecule has 11 heteroatoms. The van der Waals surface area contributed by atoms with E-state index >= 15 is 0 Å². The molecule has 1 aliphatic heterocycles. The van der Waals surface area contributed by atoms with Gasteiger partial charge in [0.25, 0.3) is 0 Å². The number of allylic oxidation sites excluding steroid dienone is 1. The topological polar surface area (TPSA) is 141 Å². The minimum atomic E-state index is 0.218. The van der Waals surface area contributed by atoms with Gasteiger partial charge < -0.3 is 26.5 Å². The number of H-pyrrole nitrogens is 1. The fraction of sp³-hybridized carbons (Fsp3) is 0.429. The highest BCUT2D eigenvalue weighted by atomic mass is 35.5. The highest BCUT2D eigenvalue weighted by Crippen LogP contribution is 2.24. The molecule has 0 aliphatic carbocycles. The second-order valence-corrected chi connectivity index (χ2v) is 5.81. The van der Waals surface area contributed by atoms with Gasteiger partial charge >= 0.3 is 0 Å². The third-order valence-electron chi connectivity index (χ3n) is 3.75. The second-order valence-electron chi connectivity index (χ2n) is 5.45. The molecule has 2 aromatic rings. The molecule has 1 fully saturated rings. The van der Waals surface area contributed by atoms with E-state index in [0.717, 1.165) is 39.4 Å². The maximum absolute atomic E-state index is 7.51. The van der Waals surface area contributed by atoms with Gasteiger partial charge in [-0.2, -0.15) is 15.1 Å². The van der Waals surface area contributed by atoms with Crippen LogP contribution in [0.1, 0.15) is 0 Å². The van der Waals surface area contributed by atoms with Crippen molar-refractivity contribution >= 4 is 40.6 Å². The van der Waals surface area contributed by atoms with Gasteiger partial charge in [0.15, 0.2) is 10.8 Å². The molecule has 0 unspecified atom stereocenters. The van der Waals surface area contributed by atoms with Crippen molar-refractivity contribution in [1.82, 2.24) is 30.4 Å². The van der Waals surface area contributed by atoms with E-state index in [4.69, 9.17) is 27.5 Å². The number of ether oxygens (including phenoxy) is 1. The van der Waals surface area contributed by atoms with E-state index < -0.39 is 0 Å². The number of aromatic nitrogens is 4. The number of hydrogen-bond donors (Lipinski definition) is 5. The number of aromatic amines is 1. The van der Waals surface area contributed by atoms with Gasteiger partial charge in [0, 0.05) is 38.6 Å². The van der Waals surface area contributed by atoms with E-state index in [9.17, 15) is 0 Å². The van der Waals surface area contributed by atoms with Crippen molar-refractivity contribution in [2.24, 2.45) is 0 Å². The predicted octanol–water partition coefficient (Wildman–Crippen LogP) is 0.413. The monoisotopic (exact) mass is 365 g/mol. The maximum atomic E-state index is 7.51. The molecular weight excluding hydrogens is 346 g/mol.